The maximum Gasteiger partial charge on any atom is 0.176 e. The molecule has 3 heteroatoms. The minimum atomic E-state index is 0.0701. The third-order valence-corrected chi connectivity index (χ3v) is 3.10. The van der Waals surface area contributed by atoms with Crippen molar-refractivity contribution in [3.63, 3.8) is 0 Å². The lowest BCUT2D eigenvalue weighted by molar-refractivity contribution is 0.101. The van der Waals surface area contributed by atoms with Gasteiger partial charge in [0.2, 0.25) is 0 Å². The third-order valence-electron chi connectivity index (χ3n) is 3.10. The molecular weight excluding hydrogens is 202 g/mol. The Morgan fingerprint density at radius 1 is 1.31 bits per heavy atom. The zero-order valence-electron chi connectivity index (χ0n) is 10.2. The first kappa shape index (κ1) is 11.0. The molecule has 0 aliphatic carbocycles. The van der Waals surface area contributed by atoms with Gasteiger partial charge < -0.3 is 9.40 Å². The van der Waals surface area contributed by atoms with Crippen LogP contribution in [0.25, 0.3) is 11.1 Å². The number of furan rings is 1. The highest BCUT2D eigenvalue weighted by Gasteiger charge is 2.19. The second kappa shape index (κ2) is 3.81. The topological polar surface area (TPSA) is 46.0 Å². The molecule has 0 radical (unpaired) electrons. The van der Waals surface area contributed by atoms with E-state index in [0.29, 0.717) is 5.69 Å². The van der Waals surface area contributed by atoms with Crippen molar-refractivity contribution in [1.82, 2.24) is 4.98 Å². The highest BCUT2D eigenvalue weighted by Crippen LogP contribution is 2.30. The Bertz CT molecular complexity index is 546. The summed E-state index contributed by atoms with van der Waals surface area (Å²) >= 11 is 0. The molecular formula is C13H17NO2. The number of ketones is 1. The molecule has 2 heterocycles. The van der Waals surface area contributed by atoms with Crippen LogP contribution in [-0.4, -0.2) is 10.8 Å². The standard InChI is InChI=1S/C13H17NO2/c1-5-9-12(8(4)15)14-11-7(3)10(6-2)16-13(9)11/h14H,5-6H2,1-4H3. The average Bonchev–Trinajstić information content (AvgIpc) is 2.75. The predicted molar refractivity (Wildman–Crippen MR) is 64.1 cm³/mol. The van der Waals surface area contributed by atoms with Gasteiger partial charge in [0.25, 0.3) is 0 Å². The van der Waals surface area contributed by atoms with E-state index in [9.17, 15) is 4.79 Å². The van der Waals surface area contributed by atoms with Crippen LogP contribution in [0.1, 0.15) is 48.1 Å². The molecule has 0 spiro atoms. The molecule has 16 heavy (non-hydrogen) atoms. The Kier molecular flexibility index (Phi) is 2.62. The van der Waals surface area contributed by atoms with Crippen LogP contribution in [0.5, 0.6) is 0 Å². The summed E-state index contributed by atoms with van der Waals surface area (Å²) in [4.78, 5) is 14.7. The van der Waals surface area contributed by atoms with Crippen LogP contribution >= 0.6 is 0 Å². The van der Waals surface area contributed by atoms with E-state index in [-0.39, 0.29) is 5.78 Å². The first-order valence-corrected chi connectivity index (χ1v) is 5.73. The van der Waals surface area contributed by atoms with E-state index in [1.165, 1.54) is 0 Å². The smallest absolute Gasteiger partial charge is 0.176 e. The SMILES string of the molecule is CCc1oc2c(CC)c(C(C)=O)[nH]c2c1C. The Balaban J connectivity index is 2.76. The van der Waals surface area contributed by atoms with Gasteiger partial charge in [0.15, 0.2) is 11.4 Å². The third kappa shape index (κ3) is 1.39. The molecule has 0 saturated carbocycles. The van der Waals surface area contributed by atoms with Crippen molar-refractivity contribution in [2.24, 2.45) is 0 Å². The number of aromatic amines is 1. The van der Waals surface area contributed by atoms with Gasteiger partial charge in [-0.1, -0.05) is 13.8 Å². The molecule has 0 unspecified atom stereocenters. The van der Waals surface area contributed by atoms with Gasteiger partial charge in [-0.2, -0.15) is 0 Å². The predicted octanol–water partition coefficient (Wildman–Crippen LogP) is 3.40. The van der Waals surface area contributed by atoms with Crippen molar-refractivity contribution in [1.29, 1.82) is 0 Å². The number of hydrogen-bond acceptors (Lipinski definition) is 2. The van der Waals surface area contributed by atoms with E-state index in [1.54, 1.807) is 6.92 Å². The number of nitrogens with one attached hydrogen (secondary N) is 1. The first-order valence-electron chi connectivity index (χ1n) is 5.73. The summed E-state index contributed by atoms with van der Waals surface area (Å²) in [6.45, 7) is 7.73. The van der Waals surface area contributed by atoms with Gasteiger partial charge in [-0.05, 0) is 13.3 Å². The minimum Gasteiger partial charge on any atom is -0.459 e. The van der Waals surface area contributed by atoms with E-state index in [1.807, 2.05) is 13.8 Å². The highest BCUT2D eigenvalue weighted by atomic mass is 16.3. The first-order chi connectivity index (χ1) is 7.60. The summed E-state index contributed by atoms with van der Waals surface area (Å²) < 4.78 is 5.82. The number of Topliss-reactive ketones (excluding diaryl/α,β-unsaturated/α-hetero) is 1. The van der Waals surface area contributed by atoms with Crippen LogP contribution in [0, 0.1) is 6.92 Å². The van der Waals surface area contributed by atoms with Gasteiger partial charge in [-0.3, -0.25) is 4.79 Å². The monoisotopic (exact) mass is 219 g/mol. The number of hydrogen-bond donors (Lipinski definition) is 1. The molecule has 0 aromatic carbocycles. The van der Waals surface area contributed by atoms with Gasteiger partial charge in [0.1, 0.15) is 5.76 Å². The summed E-state index contributed by atoms with van der Waals surface area (Å²) in [5, 5.41) is 0. The molecule has 0 aliphatic heterocycles. The number of carbonyl (C=O) groups excluding carboxylic acids is 1. The molecule has 2 aromatic rings. The number of carbonyl (C=O) groups is 1. The largest absolute Gasteiger partial charge is 0.459 e. The average molecular weight is 219 g/mol. The maximum atomic E-state index is 11.5. The molecule has 86 valence electrons. The summed E-state index contributed by atoms with van der Waals surface area (Å²) in [7, 11) is 0. The molecule has 0 atom stereocenters. The van der Waals surface area contributed by atoms with E-state index in [4.69, 9.17) is 4.42 Å². The fraction of sp³-hybridized carbons (Fsp3) is 0.462. The fourth-order valence-electron chi connectivity index (χ4n) is 2.21. The molecule has 0 fully saturated rings. The minimum absolute atomic E-state index is 0.0701. The summed E-state index contributed by atoms with van der Waals surface area (Å²) in [5.74, 6) is 1.08. The van der Waals surface area contributed by atoms with Crippen LogP contribution in [0.4, 0.5) is 0 Å². The van der Waals surface area contributed by atoms with Crippen LogP contribution in [0.15, 0.2) is 4.42 Å². The number of rotatable bonds is 3. The van der Waals surface area contributed by atoms with Crippen LogP contribution in [0.2, 0.25) is 0 Å². The zero-order valence-corrected chi connectivity index (χ0v) is 10.2. The Morgan fingerprint density at radius 3 is 2.50 bits per heavy atom. The van der Waals surface area contributed by atoms with Crippen molar-refractivity contribution in [2.45, 2.75) is 40.5 Å². The lowest BCUT2D eigenvalue weighted by atomic mass is 10.1. The number of aromatic nitrogens is 1. The highest BCUT2D eigenvalue weighted by molar-refractivity contribution is 6.00. The quantitative estimate of drug-likeness (QED) is 0.804. The van der Waals surface area contributed by atoms with E-state index in [0.717, 1.165) is 40.8 Å². The number of H-pyrrole nitrogens is 1. The normalized spacial score (nSPS) is 11.2. The lowest BCUT2D eigenvalue weighted by Crippen LogP contribution is -1.97. The van der Waals surface area contributed by atoms with Crippen LogP contribution in [0.3, 0.4) is 0 Å². The van der Waals surface area contributed by atoms with E-state index >= 15 is 0 Å². The second-order valence-corrected chi connectivity index (χ2v) is 4.10. The van der Waals surface area contributed by atoms with Crippen molar-refractivity contribution in [3.05, 3.63) is 22.6 Å². The molecule has 1 N–H and O–H groups in total. The molecule has 2 aromatic heterocycles. The van der Waals surface area contributed by atoms with Gasteiger partial charge in [0.05, 0.1) is 11.2 Å². The molecule has 0 amide bonds. The van der Waals surface area contributed by atoms with Crippen molar-refractivity contribution >= 4 is 16.9 Å². The van der Waals surface area contributed by atoms with E-state index < -0.39 is 0 Å². The molecule has 0 bridgehead atoms. The van der Waals surface area contributed by atoms with E-state index in [2.05, 4.69) is 11.9 Å². The van der Waals surface area contributed by atoms with Crippen molar-refractivity contribution in [3.8, 4) is 0 Å². The number of fused-ring (bicyclic) bond motifs is 1. The fourth-order valence-corrected chi connectivity index (χ4v) is 2.21. The molecule has 0 aliphatic rings. The summed E-state index contributed by atoms with van der Waals surface area (Å²) in [6.07, 6.45) is 1.69. The van der Waals surface area contributed by atoms with Gasteiger partial charge in [-0.25, -0.2) is 0 Å². The van der Waals surface area contributed by atoms with Gasteiger partial charge in [0, 0.05) is 24.5 Å². The van der Waals surface area contributed by atoms with Crippen LogP contribution in [-0.2, 0) is 12.8 Å². The maximum absolute atomic E-state index is 11.5. The van der Waals surface area contributed by atoms with Gasteiger partial charge in [-0.15, -0.1) is 0 Å². The van der Waals surface area contributed by atoms with Crippen molar-refractivity contribution < 1.29 is 9.21 Å². The summed E-state index contributed by atoms with van der Waals surface area (Å²) in [5.41, 5.74) is 4.67. The number of aryl methyl sites for hydroxylation is 3. The summed E-state index contributed by atoms with van der Waals surface area (Å²) in [6, 6.07) is 0. The van der Waals surface area contributed by atoms with Crippen LogP contribution < -0.4 is 0 Å². The Hall–Kier alpha value is -1.51. The molecule has 0 saturated heterocycles. The van der Waals surface area contributed by atoms with Crippen molar-refractivity contribution in [2.75, 3.05) is 0 Å². The Labute approximate surface area is 94.8 Å². The second-order valence-electron chi connectivity index (χ2n) is 4.10. The zero-order chi connectivity index (χ0) is 11.9. The molecule has 2 rings (SSSR count). The molecule has 3 nitrogen and oxygen atoms in total. The van der Waals surface area contributed by atoms with Gasteiger partial charge >= 0.3 is 0 Å². The lowest BCUT2D eigenvalue weighted by Gasteiger charge is -1.97. The Morgan fingerprint density at radius 2 is 2.00 bits per heavy atom.